The van der Waals surface area contributed by atoms with Gasteiger partial charge in [-0.2, -0.15) is 5.26 Å². The van der Waals surface area contributed by atoms with Crippen LogP contribution in [0.4, 0.5) is 4.79 Å². The minimum atomic E-state index is -1.03. The van der Waals surface area contributed by atoms with Gasteiger partial charge in [0.2, 0.25) is 5.60 Å². The average Bonchev–Trinajstić information content (AvgIpc) is 2.62. The Bertz CT molecular complexity index is 757. The molecule has 5 heteroatoms. The van der Waals surface area contributed by atoms with Crippen molar-refractivity contribution in [1.82, 2.24) is 10.2 Å². The fourth-order valence-corrected chi connectivity index (χ4v) is 3.98. The van der Waals surface area contributed by atoms with Gasteiger partial charge in [0.1, 0.15) is 6.07 Å². The number of alkyl carbamates (subject to hydrolysis) is 1. The molecule has 0 aromatic heterocycles. The first-order chi connectivity index (χ1) is 12.3. The second kappa shape index (κ2) is 6.77. The molecule has 5 nitrogen and oxygen atoms in total. The van der Waals surface area contributed by atoms with Crippen LogP contribution in [0.25, 0.3) is 5.57 Å². The first-order valence-corrected chi connectivity index (χ1v) is 9.17. The van der Waals surface area contributed by atoms with Crippen LogP contribution in [0.15, 0.2) is 30.8 Å². The van der Waals surface area contributed by atoms with Gasteiger partial charge in [0, 0.05) is 5.92 Å². The standard InChI is InChI=1S/C21H27N3O2/c1-15(2)16-6-5-7-18(12-16)20(3,4)23-19(25)26-21(13-22)14-24-10-8-17(21)9-11-24/h5-7,12,17H,1,8-11,14H2,2-4H3,(H,23,25). The fourth-order valence-electron chi connectivity index (χ4n) is 3.98. The lowest BCUT2D eigenvalue weighted by Gasteiger charge is -2.48. The second-order valence-corrected chi connectivity index (χ2v) is 8.05. The van der Waals surface area contributed by atoms with Crippen LogP contribution in [0.3, 0.4) is 0 Å². The van der Waals surface area contributed by atoms with E-state index < -0.39 is 17.2 Å². The highest BCUT2D eigenvalue weighted by atomic mass is 16.6. The van der Waals surface area contributed by atoms with Crippen LogP contribution in [0, 0.1) is 17.2 Å². The zero-order valence-electron chi connectivity index (χ0n) is 15.8. The third kappa shape index (κ3) is 3.47. The summed E-state index contributed by atoms with van der Waals surface area (Å²) >= 11 is 0. The Morgan fingerprint density at radius 1 is 1.42 bits per heavy atom. The molecule has 3 saturated heterocycles. The molecule has 1 aromatic carbocycles. The highest BCUT2D eigenvalue weighted by Crippen LogP contribution is 2.38. The topological polar surface area (TPSA) is 65.4 Å². The summed E-state index contributed by atoms with van der Waals surface area (Å²) in [5, 5.41) is 12.7. The zero-order chi connectivity index (χ0) is 18.9. The summed E-state index contributed by atoms with van der Waals surface area (Å²) in [6.07, 6.45) is 1.28. The molecule has 2 bridgehead atoms. The predicted molar refractivity (Wildman–Crippen MR) is 101 cm³/mol. The number of rotatable bonds is 4. The summed E-state index contributed by atoms with van der Waals surface area (Å²) < 4.78 is 5.73. The number of allylic oxidation sites excluding steroid dienone is 1. The van der Waals surface area contributed by atoms with E-state index in [4.69, 9.17) is 4.74 Å². The van der Waals surface area contributed by atoms with Crippen LogP contribution in [0.2, 0.25) is 0 Å². The van der Waals surface area contributed by atoms with E-state index in [9.17, 15) is 10.1 Å². The molecule has 1 atom stereocenters. The summed E-state index contributed by atoms with van der Waals surface area (Å²) in [6.45, 7) is 12.3. The van der Waals surface area contributed by atoms with Crippen molar-refractivity contribution >= 4 is 11.7 Å². The highest BCUT2D eigenvalue weighted by Gasteiger charge is 2.50. The van der Waals surface area contributed by atoms with E-state index in [1.807, 2.05) is 45.0 Å². The van der Waals surface area contributed by atoms with Crippen LogP contribution in [-0.2, 0) is 10.3 Å². The van der Waals surface area contributed by atoms with Crippen molar-refractivity contribution in [1.29, 1.82) is 5.26 Å². The predicted octanol–water partition coefficient (Wildman–Crippen LogP) is 3.67. The number of amides is 1. The Kier molecular flexibility index (Phi) is 4.81. The summed E-state index contributed by atoms with van der Waals surface area (Å²) in [7, 11) is 0. The van der Waals surface area contributed by atoms with Gasteiger partial charge in [0.25, 0.3) is 0 Å². The number of ether oxygens (including phenoxy) is 1. The Labute approximate surface area is 155 Å². The number of nitrogens with zero attached hydrogens (tertiary/aromatic N) is 2. The van der Waals surface area contributed by atoms with E-state index in [2.05, 4.69) is 22.9 Å². The van der Waals surface area contributed by atoms with Gasteiger partial charge < -0.3 is 10.1 Å². The van der Waals surface area contributed by atoms with Crippen LogP contribution in [0.5, 0.6) is 0 Å². The van der Waals surface area contributed by atoms with Gasteiger partial charge in [-0.15, -0.1) is 0 Å². The van der Waals surface area contributed by atoms with Crippen molar-refractivity contribution < 1.29 is 9.53 Å². The Balaban J connectivity index is 1.73. The third-order valence-corrected chi connectivity index (χ3v) is 5.66. The molecule has 4 rings (SSSR count). The fraction of sp³-hybridized carbons (Fsp3) is 0.524. The lowest BCUT2D eigenvalue weighted by molar-refractivity contribution is -0.0808. The van der Waals surface area contributed by atoms with E-state index >= 15 is 0 Å². The Hall–Kier alpha value is -2.32. The van der Waals surface area contributed by atoms with Crippen molar-refractivity contribution in [2.45, 2.75) is 44.8 Å². The third-order valence-electron chi connectivity index (χ3n) is 5.66. The van der Waals surface area contributed by atoms with Crippen molar-refractivity contribution in [3.05, 3.63) is 42.0 Å². The molecule has 1 amide bonds. The number of carbonyl (C=O) groups is 1. The largest absolute Gasteiger partial charge is 0.426 e. The first-order valence-electron chi connectivity index (χ1n) is 9.17. The summed E-state index contributed by atoms with van der Waals surface area (Å²) in [5.74, 6) is 0.123. The molecule has 3 aliphatic heterocycles. The van der Waals surface area contributed by atoms with E-state index in [1.54, 1.807) is 0 Å². The molecule has 3 fully saturated rings. The van der Waals surface area contributed by atoms with Crippen LogP contribution >= 0.6 is 0 Å². The zero-order valence-corrected chi connectivity index (χ0v) is 15.8. The Morgan fingerprint density at radius 2 is 2.12 bits per heavy atom. The highest BCUT2D eigenvalue weighted by molar-refractivity contribution is 5.70. The lowest BCUT2D eigenvalue weighted by atomic mass is 9.76. The molecule has 1 N–H and O–H groups in total. The molecule has 0 aliphatic carbocycles. The van der Waals surface area contributed by atoms with Crippen LogP contribution in [-0.4, -0.2) is 36.2 Å². The molecular formula is C21H27N3O2. The van der Waals surface area contributed by atoms with E-state index in [0.29, 0.717) is 6.54 Å². The monoisotopic (exact) mass is 353 g/mol. The van der Waals surface area contributed by atoms with Gasteiger partial charge in [0.05, 0.1) is 12.1 Å². The molecule has 1 aromatic rings. The molecule has 138 valence electrons. The van der Waals surface area contributed by atoms with Gasteiger partial charge >= 0.3 is 6.09 Å². The second-order valence-electron chi connectivity index (χ2n) is 8.05. The van der Waals surface area contributed by atoms with Crippen molar-refractivity contribution in [2.75, 3.05) is 19.6 Å². The van der Waals surface area contributed by atoms with Gasteiger partial charge in [-0.3, -0.25) is 4.90 Å². The van der Waals surface area contributed by atoms with Crippen molar-refractivity contribution in [2.24, 2.45) is 5.92 Å². The number of hydrogen-bond acceptors (Lipinski definition) is 4. The minimum absolute atomic E-state index is 0.123. The van der Waals surface area contributed by atoms with Gasteiger partial charge in [-0.25, -0.2) is 4.79 Å². The van der Waals surface area contributed by atoms with Crippen molar-refractivity contribution in [3.63, 3.8) is 0 Å². The maximum absolute atomic E-state index is 12.6. The lowest BCUT2D eigenvalue weighted by Crippen LogP contribution is -2.61. The number of hydrogen-bond donors (Lipinski definition) is 1. The van der Waals surface area contributed by atoms with Gasteiger partial charge in [-0.1, -0.05) is 30.4 Å². The maximum Gasteiger partial charge on any atom is 0.409 e. The van der Waals surface area contributed by atoms with Crippen LogP contribution < -0.4 is 5.32 Å². The quantitative estimate of drug-likeness (QED) is 0.897. The molecule has 3 aliphatic rings. The number of fused-ring (bicyclic) bond motifs is 3. The molecule has 26 heavy (non-hydrogen) atoms. The summed E-state index contributed by atoms with van der Waals surface area (Å²) in [6, 6.07) is 10.2. The molecule has 0 radical (unpaired) electrons. The van der Waals surface area contributed by atoms with Gasteiger partial charge in [0.15, 0.2) is 0 Å². The molecule has 1 unspecified atom stereocenters. The number of piperidine rings is 3. The number of nitrogens with one attached hydrogen (secondary N) is 1. The van der Waals surface area contributed by atoms with E-state index in [1.165, 1.54) is 0 Å². The number of benzene rings is 1. The number of nitriles is 1. The average molecular weight is 353 g/mol. The Morgan fingerprint density at radius 3 is 2.65 bits per heavy atom. The smallest absolute Gasteiger partial charge is 0.409 e. The molecule has 3 heterocycles. The van der Waals surface area contributed by atoms with E-state index in [-0.39, 0.29) is 5.92 Å². The molecule has 0 saturated carbocycles. The van der Waals surface area contributed by atoms with Gasteiger partial charge in [-0.05, 0) is 63.9 Å². The molecular weight excluding hydrogens is 326 g/mol. The van der Waals surface area contributed by atoms with E-state index in [0.717, 1.165) is 42.6 Å². The number of carbonyl (C=O) groups excluding carboxylic acids is 1. The summed E-state index contributed by atoms with van der Waals surface area (Å²) in [5.41, 5.74) is 1.33. The van der Waals surface area contributed by atoms with Crippen molar-refractivity contribution in [3.8, 4) is 6.07 Å². The first kappa shape index (κ1) is 18.5. The minimum Gasteiger partial charge on any atom is -0.426 e. The maximum atomic E-state index is 12.6. The molecule has 0 spiro atoms. The summed E-state index contributed by atoms with van der Waals surface area (Å²) in [4.78, 5) is 14.8. The normalized spacial score (nSPS) is 27.5. The van der Waals surface area contributed by atoms with Crippen LogP contribution in [0.1, 0.15) is 44.7 Å². The SMILES string of the molecule is C=C(C)c1cccc(C(C)(C)NC(=O)OC2(C#N)CN3CCC2CC3)c1.